The van der Waals surface area contributed by atoms with E-state index in [2.05, 4.69) is 21.6 Å². The number of benzene rings is 2. The van der Waals surface area contributed by atoms with Crippen molar-refractivity contribution in [2.75, 3.05) is 12.4 Å². The van der Waals surface area contributed by atoms with Crippen molar-refractivity contribution in [3.8, 4) is 17.5 Å². The SMILES string of the molecule is N#CCc1ccc(OC[C@H](O)CSc2nnnn2-c2ccc(Cl)cc2)cc1. The molecule has 3 aromatic rings. The van der Waals surface area contributed by atoms with E-state index in [-0.39, 0.29) is 6.61 Å². The van der Waals surface area contributed by atoms with Crippen molar-refractivity contribution >= 4 is 23.4 Å². The highest BCUT2D eigenvalue weighted by molar-refractivity contribution is 7.99. The smallest absolute Gasteiger partial charge is 0.214 e. The van der Waals surface area contributed by atoms with Gasteiger partial charge in [-0.3, -0.25) is 0 Å². The van der Waals surface area contributed by atoms with E-state index in [1.807, 2.05) is 24.3 Å². The molecule has 9 heteroatoms. The first-order valence-corrected chi connectivity index (χ1v) is 9.46. The van der Waals surface area contributed by atoms with Crippen LogP contribution in [0.5, 0.6) is 5.75 Å². The van der Waals surface area contributed by atoms with Gasteiger partial charge in [0.25, 0.3) is 0 Å². The van der Waals surface area contributed by atoms with Gasteiger partial charge in [-0.25, -0.2) is 0 Å². The van der Waals surface area contributed by atoms with Gasteiger partial charge in [0.15, 0.2) is 0 Å². The van der Waals surface area contributed by atoms with Gasteiger partial charge in [0.2, 0.25) is 5.16 Å². The standard InChI is InChI=1S/C18H16ClN5O2S/c19-14-3-5-15(6-4-14)24-18(21-22-23-24)27-12-16(25)11-26-17-7-1-13(2-8-17)9-10-20/h1-8,16,25H,9,11-12H2/t16-/m0/s1. The summed E-state index contributed by atoms with van der Waals surface area (Å²) in [7, 11) is 0. The van der Waals surface area contributed by atoms with Crippen molar-refractivity contribution in [2.24, 2.45) is 0 Å². The Bertz CT molecular complexity index is 909. The third-order valence-corrected chi connectivity index (χ3v) is 4.88. The predicted molar refractivity (Wildman–Crippen MR) is 102 cm³/mol. The molecule has 0 aliphatic rings. The minimum atomic E-state index is -0.691. The second kappa shape index (κ2) is 9.37. The van der Waals surface area contributed by atoms with Crippen molar-refractivity contribution in [1.82, 2.24) is 20.2 Å². The number of aromatic nitrogens is 4. The molecule has 2 aromatic carbocycles. The van der Waals surface area contributed by atoms with Gasteiger partial charge in [-0.15, -0.1) is 5.10 Å². The van der Waals surface area contributed by atoms with E-state index >= 15 is 0 Å². The fourth-order valence-corrected chi connectivity index (χ4v) is 3.14. The first kappa shape index (κ1) is 19.2. The second-order valence-electron chi connectivity index (χ2n) is 5.60. The molecule has 0 bridgehead atoms. The maximum Gasteiger partial charge on any atom is 0.214 e. The van der Waals surface area contributed by atoms with E-state index in [1.54, 1.807) is 28.9 Å². The van der Waals surface area contributed by atoms with Gasteiger partial charge in [-0.1, -0.05) is 35.5 Å². The van der Waals surface area contributed by atoms with Crippen molar-refractivity contribution in [3.05, 3.63) is 59.1 Å². The summed E-state index contributed by atoms with van der Waals surface area (Å²) < 4.78 is 7.17. The van der Waals surface area contributed by atoms with Crippen LogP contribution in [0.3, 0.4) is 0 Å². The Morgan fingerprint density at radius 3 is 2.63 bits per heavy atom. The van der Waals surface area contributed by atoms with Crippen LogP contribution < -0.4 is 4.74 Å². The first-order chi connectivity index (χ1) is 13.2. The molecule has 1 heterocycles. The molecule has 0 fully saturated rings. The van der Waals surface area contributed by atoms with Gasteiger partial charge in [-0.2, -0.15) is 9.94 Å². The molecule has 138 valence electrons. The van der Waals surface area contributed by atoms with Crippen LogP contribution in [0.2, 0.25) is 5.02 Å². The number of halogens is 1. The maximum absolute atomic E-state index is 10.2. The first-order valence-electron chi connectivity index (χ1n) is 8.09. The van der Waals surface area contributed by atoms with E-state index in [9.17, 15) is 5.11 Å². The zero-order valence-corrected chi connectivity index (χ0v) is 15.8. The number of nitriles is 1. The van der Waals surface area contributed by atoms with E-state index in [0.717, 1.165) is 11.3 Å². The molecule has 0 radical (unpaired) electrons. The third-order valence-electron chi connectivity index (χ3n) is 3.57. The van der Waals surface area contributed by atoms with Crippen molar-refractivity contribution < 1.29 is 9.84 Å². The summed E-state index contributed by atoms with van der Waals surface area (Å²) in [5.74, 6) is 1.02. The highest BCUT2D eigenvalue weighted by Gasteiger charge is 2.13. The largest absolute Gasteiger partial charge is 0.491 e. The Kier molecular flexibility index (Phi) is 6.65. The Morgan fingerprint density at radius 1 is 1.19 bits per heavy atom. The van der Waals surface area contributed by atoms with Crippen LogP contribution >= 0.6 is 23.4 Å². The second-order valence-corrected chi connectivity index (χ2v) is 7.03. The van der Waals surface area contributed by atoms with E-state index < -0.39 is 6.10 Å². The average Bonchev–Trinajstić information content (AvgIpc) is 3.15. The van der Waals surface area contributed by atoms with Crippen molar-refractivity contribution in [2.45, 2.75) is 17.7 Å². The Labute approximate surface area is 165 Å². The molecule has 1 N–H and O–H groups in total. The van der Waals surface area contributed by atoms with Gasteiger partial charge in [-0.05, 0) is 52.4 Å². The Hall–Kier alpha value is -2.60. The fourth-order valence-electron chi connectivity index (χ4n) is 2.22. The van der Waals surface area contributed by atoms with Gasteiger partial charge >= 0.3 is 0 Å². The number of aliphatic hydroxyl groups is 1. The molecule has 0 unspecified atom stereocenters. The lowest BCUT2D eigenvalue weighted by molar-refractivity contribution is 0.126. The number of hydrogen-bond acceptors (Lipinski definition) is 7. The topological polar surface area (TPSA) is 96.8 Å². The molecular formula is C18H16ClN5O2S. The number of hydrogen-bond donors (Lipinski definition) is 1. The lowest BCUT2D eigenvalue weighted by Gasteiger charge is -2.12. The van der Waals surface area contributed by atoms with Crippen LogP contribution in [-0.4, -0.2) is 43.8 Å². The monoisotopic (exact) mass is 401 g/mol. The molecule has 0 saturated carbocycles. The molecule has 0 aliphatic carbocycles. The Balaban J connectivity index is 1.51. The highest BCUT2D eigenvalue weighted by atomic mass is 35.5. The molecule has 0 aliphatic heterocycles. The minimum Gasteiger partial charge on any atom is -0.491 e. The summed E-state index contributed by atoms with van der Waals surface area (Å²) in [5.41, 5.74) is 1.71. The van der Waals surface area contributed by atoms with Crippen LogP contribution in [0.25, 0.3) is 5.69 Å². The zero-order chi connectivity index (χ0) is 19.1. The van der Waals surface area contributed by atoms with Gasteiger partial charge < -0.3 is 9.84 Å². The molecule has 0 saturated heterocycles. The normalized spacial score (nSPS) is 11.7. The maximum atomic E-state index is 10.2. The average molecular weight is 402 g/mol. The summed E-state index contributed by atoms with van der Waals surface area (Å²) in [5, 5.41) is 31.7. The molecule has 27 heavy (non-hydrogen) atoms. The van der Waals surface area contributed by atoms with Crippen LogP contribution in [0, 0.1) is 11.3 Å². The van der Waals surface area contributed by atoms with E-state index in [4.69, 9.17) is 21.6 Å². The molecule has 3 rings (SSSR count). The van der Waals surface area contributed by atoms with Crippen LogP contribution in [0.4, 0.5) is 0 Å². The molecular weight excluding hydrogens is 386 g/mol. The number of thioether (sulfide) groups is 1. The van der Waals surface area contributed by atoms with Crippen molar-refractivity contribution in [3.63, 3.8) is 0 Å². The molecule has 1 atom stereocenters. The summed E-state index contributed by atoms with van der Waals surface area (Å²) in [6.45, 7) is 0.146. The number of ether oxygens (including phenoxy) is 1. The molecule has 0 amide bonds. The predicted octanol–water partition coefficient (Wildman–Crippen LogP) is 2.91. The number of aliphatic hydroxyl groups excluding tert-OH is 1. The van der Waals surface area contributed by atoms with Gasteiger partial charge in [0, 0.05) is 10.8 Å². The molecule has 0 spiro atoms. The lowest BCUT2D eigenvalue weighted by Crippen LogP contribution is -2.20. The summed E-state index contributed by atoms with van der Waals surface area (Å²) in [4.78, 5) is 0. The van der Waals surface area contributed by atoms with Crippen LogP contribution in [-0.2, 0) is 6.42 Å². The van der Waals surface area contributed by atoms with Crippen LogP contribution in [0.15, 0.2) is 53.7 Å². The minimum absolute atomic E-state index is 0.146. The number of nitrogens with zero attached hydrogens (tertiary/aromatic N) is 5. The van der Waals surface area contributed by atoms with Crippen molar-refractivity contribution in [1.29, 1.82) is 5.26 Å². The quantitative estimate of drug-likeness (QED) is 0.579. The zero-order valence-electron chi connectivity index (χ0n) is 14.2. The molecule has 1 aromatic heterocycles. The van der Waals surface area contributed by atoms with E-state index in [1.165, 1.54) is 11.8 Å². The van der Waals surface area contributed by atoms with Gasteiger partial charge in [0.05, 0.1) is 24.3 Å². The van der Waals surface area contributed by atoms with E-state index in [0.29, 0.717) is 28.1 Å². The number of rotatable bonds is 8. The summed E-state index contributed by atoms with van der Waals surface area (Å²) in [6, 6.07) is 16.5. The molecule has 7 nitrogen and oxygen atoms in total. The summed E-state index contributed by atoms with van der Waals surface area (Å²) in [6.07, 6.45) is -0.328. The van der Waals surface area contributed by atoms with Gasteiger partial charge in [0.1, 0.15) is 12.4 Å². The number of tetrazole rings is 1. The highest BCUT2D eigenvalue weighted by Crippen LogP contribution is 2.21. The van der Waals surface area contributed by atoms with Crippen LogP contribution in [0.1, 0.15) is 5.56 Å². The third kappa shape index (κ3) is 5.44. The fraction of sp³-hybridized carbons (Fsp3) is 0.222. The summed E-state index contributed by atoms with van der Waals surface area (Å²) >= 11 is 7.23. The lowest BCUT2D eigenvalue weighted by atomic mass is 10.2. The Morgan fingerprint density at radius 2 is 1.93 bits per heavy atom.